The summed E-state index contributed by atoms with van der Waals surface area (Å²) >= 11 is 4.78. The molecule has 0 saturated carbocycles. The van der Waals surface area contributed by atoms with Crippen molar-refractivity contribution in [3.8, 4) is 5.75 Å². The van der Waals surface area contributed by atoms with Crippen molar-refractivity contribution in [3.63, 3.8) is 0 Å². The number of nitrogens with two attached hydrogens (primary N) is 1. The van der Waals surface area contributed by atoms with Crippen LogP contribution in [0.3, 0.4) is 0 Å². The molecule has 7 heteroatoms. The maximum atomic E-state index is 12.3. The summed E-state index contributed by atoms with van der Waals surface area (Å²) in [5.41, 5.74) is 7.27. The Balaban J connectivity index is 2.17. The van der Waals surface area contributed by atoms with Crippen LogP contribution in [-0.2, 0) is 7.05 Å². The minimum absolute atomic E-state index is 0.119. The molecular weight excluding hydrogens is 288 g/mol. The third kappa shape index (κ3) is 3.57. The lowest BCUT2D eigenvalue weighted by Crippen LogP contribution is -2.19. The minimum Gasteiger partial charge on any atom is -0.484 e. The van der Waals surface area contributed by atoms with E-state index in [0.717, 1.165) is 5.69 Å². The van der Waals surface area contributed by atoms with Gasteiger partial charge in [-0.3, -0.25) is 9.48 Å². The van der Waals surface area contributed by atoms with Crippen molar-refractivity contribution in [1.82, 2.24) is 9.78 Å². The van der Waals surface area contributed by atoms with Crippen LogP contribution in [-0.4, -0.2) is 27.3 Å². The Morgan fingerprint density at radius 3 is 2.81 bits per heavy atom. The molecule has 0 spiro atoms. The number of aryl methyl sites for hydroxylation is 1. The molecule has 0 radical (unpaired) electrons. The summed E-state index contributed by atoms with van der Waals surface area (Å²) < 4.78 is 7.11. The molecule has 0 aliphatic heterocycles. The van der Waals surface area contributed by atoms with Crippen molar-refractivity contribution in [1.29, 1.82) is 0 Å². The Morgan fingerprint density at radius 2 is 2.19 bits per heavy atom. The summed E-state index contributed by atoms with van der Waals surface area (Å²) in [5.74, 6) is 0.271. The highest BCUT2D eigenvalue weighted by molar-refractivity contribution is 7.80. The number of para-hydroxylation sites is 2. The molecule has 0 aliphatic rings. The number of thiocarbonyl (C=S) groups is 1. The average Bonchev–Trinajstić information content (AvgIpc) is 2.78. The van der Waals surface area contributed by atoms with Crippen molar-refractivity contribution in [2.24, 2.45) is 12.8 Å². The fourth-order valence-electron chi connectivity index (χ4n) is 1.76. The number of amides is 1. The van der Waals surface area contributed by atoms with Crippen LogP contribution in [0.5, 0.6) is 5.75 Å². The number of benzene rings is 1. The fourth-order valence-corrected chi connectivity index (χ4v) is 1.81. The van der Waals surface area contributed by atoms with E-state index in [-0.39, 0.29) is 17.5 Å². The van der Waals surface area contributed by atoms with Gasteiger partial charge in [0, 0.05) is 12.7 Å². The van der Waals surface area contributed by atoms with Crippen molar-refractivity contribution < 1.29 is 9.53 Å². The largest absolute Gasteiger partial charge is 0.484 e. The van der Waals surface area contributed by atoms with Crippen molar-refractivity contribution >= 4 is 28.8 Å². The standard InChI is InChI=1S/C14H16N4O2S/c1-9-10(7-16-18(9)2)14(19)17-11-5-3-4-6-12(11)20-8-13(15)21/h3-7H,8H2,1-2H3,(H2,15,21)(H,17,19). The summed E-state index contributed by atoms with van der Waals surface area (Å²) in [6.07, 6.45) is 1.53. The molecule has 0 bridgehead atoms. The second-order valence-corrected chi connectivity index (χ2v) is 5.00. The second-order valence-electron chi connectivity index (χ2n) is 4.47. The number of aromatic nitrogens is 2. The molecule has 1 heterocycles. The Kier molecular flexibility index (Phi) is 4.54. The molecule has 0 unspecified atom stereocenters. The SMILES string of the molecule is Cc1c(C(=O)Nc2ccccc2OCC(N)=S)cnn1C. The van der Waals surface area contributed by atoms with Crippen LogP contribution in [0.4, 0.5) is 5.69 Å². The van der Waals surface area contributed by atoms with Crippen LogP contribution in [0.2, 0.25) is 0 Å². The van der Waals surface area contributed by atoms with Gasteiger partial charge in [0.2, 0.25) is 0 Å². The molecule has 1 aromatic heterocycles. The zero-order chi connectivity index (χ0) is 15.4. The van der Waals surface area contributed by atoms with Gasteiger partial charge in [0.15, 0.2) is 0 Å². The van der Waals surface area contributed by atoms with Crippen LogP contribution in [0.1, 0.15) is 16.1 Å². The number of anilines is 1. The summed E-state index contributed by atoms with van der Waals surface area (Å²) in [7, 11) is 1.78. The lowest BCUT2D eigenvalue weighted by Gasteiger charge is -2.11. The fraction of sp³-hybridized carbons (Fsp3) is 0.214. The molecule has 0 saturated heterocycles. The zero-order valence-electron chi connectivity index (χ0n) is 11.8. The first-order valence-electron chi connectivity index (χ1n) is 6.29. The Bertz CT molecular complexity index is 681. The minimum atomic E-state index is -0.244. The van der Waals surface area contributed by atoms with Gasteiger partial charge in [-0.25, -0.2) is 0 Å². The predicted octanol–water partition coefficient (Wildman–Crippen LogP) is 1.65. The molecule has 0 fully saturated rings. The van der Waals surface area contributed by atoms with Crippen molar-refractivity contribution in [2.45, 2.75) is 6.92 Å². The van der Waals surface area contributed by atoms with Gasteiger partial charge < -0.3 is 15.8 Å². The molecule has 0 atom stereocenters. The Hall–Kier alpha value is -2.41. The van der Waals surface area contributed by atoms with Gasteiger partial charge in [0.05, 0.1) is 17.4 Å². The van der Waals surface area contributed by atoms with Crippen LogP contribution >= 0.6 is 12.2 Å². The van der Waals surface area contributed by atoms with E-state index in [1.165, 1.54) is 6.20 Å². The van der Waals surface area contributed by atoms with E-state index in [4.69, 9.17) is 22.7 Å². The van der Waals surface area contributed by atoms with E-state index in [9.17, 15) is 4.79 Å². The lowest BCUT2D eigenvalue weighted by molar-refractivity contribution is 0.102. The van der Waals surface area contributed by atoms with Gasteiger partial charge in [-0.1, -0.05) is 24.4 Å². The molecule has 2 aromatic rings. The van der Waals surface area contributed by atoms with Crippen LogP contribution in [0.15, 0.2) is 30.5 Å². The third-order valence-electron chi connectivity index (χ3n) is 2.99. The Labute approximate surface area is 127 Å². The first-order chi connectivity index (χ1) is 9.99. The number of hydrogen-bond donors (Lipinski definition) is 2. The predicted molar refractivity (Wildman–Crippen MR) is 84.6 cm³/mol. The molecular formula is C14H16N4O2S. The first kappa shape index (κ1) is 15.0. The van der Waals surface area contributed by atoms with Gasteiger partial charge in [0.25, 0.3) is 5.91 Å². The lowest BCUT2D eigenvalue weighted by atomic mass is 10.2. The summed E-state index contributed by atoms with van der Waals surface area (Å²) in [6.45, 7) is 1.95. The van der Waals surface area contributed by atoms with E-state index in [1.807, 2.05) is 6.92 Å². The molecule has 0 aliphatic carbocycles. The third-order valence-corrected chi connectivity index (χ3v) is 3.10. The second kappa shape index (κ2) is 6.36. The molecule has 6 nitrogen and oxygen atoms in total. The highest BCUT2D eigenvalue weighted by atomic mass is 32.1. The van der Waals surface area contributed by atoms with Crippen molar-refractivity contribution in [3.05, 3.63) is 41.7 Å². The highest BCUT2D eigenvalue weighted by Gasteiger charge is 2.14. The smallest absolute Gasteiger partial charge is 0.259 e. The molecule has 1 amide bonds. The van der Waals surface area contributed by atoms with E-state index >= 15 is 0 Å². The molecule has 21 heavy (non-hydrogen) atoms. The number of rotatable bonds is 5. The number of carbonyl (C=O) groups is 1. The van der Waals surface area contributed by atoms with Crippen LogP contribution in [0.25, 0.3) is 0 Å². The summed E-state index contributed by atoms with van der Waals surface area (Å²) in [5, 5.41) is 6.86. The monoisotopic (exact) mass is 304 g/mol. The van der Waals surface area contributed by atoms with E-state index < -0.39 is 0 Å². The number of carbonyl (C=O) groups excluding carboxylic acids is 1. The number of hydrogen-bond acceptors (Lipinski definition) is 4. The van der Waals surface area contributed by atoms with E-state index in [2.05, 4.69) is 10.4 Å². The molecule has 110 valence electrons. The van der Waals surface area contributed by atoms with Gasteiger partial charge in [-0.2, -0.15) is 5.10 Å². The first-order valence-corrected chi connectivity index (χ1v) is 6.70. The Morgan fingerprint density at radius 1 is 1.48 bits per heavy atom. The van der Waals surface area contributed by atoms with Gasteiger partial charge >= 0.3 is 0 Å². The van der Waals surface area contributed by atoms with E-state index in [0.29, 0.717) is 17.0 Å². The molecule has 1 aromatic carbocycles. The zero-order valence-corrected chi connectivity index (χ0v) is 12.6. The summed E-state index contributed by atoms with van der Waals surface area (Å²) in [6, 6.07) is 7.10. The van der Waals surface area contributed by atoms with Gasteiger partial charge in [-0.05, 0) is 19.1 Å². The molecule has 2 rings (SSSR count). The number of nitrogens with zero attached hydrogens (tertiary/aromatic N) is 2. The quantitative estimate of drug-likeness (QED) is 0.821. The van der Waals surface area contributed by atoms with Crippen LogP contribution in [0, 0.1) is 6.92 Å². The van der Waals surface area contributed by atoms with Crippen LogP contribution < -0.4 is 15.8 Å². The maximum absolute atomic E-state index is 12.3. The van der Waals surface area contributed by atoms with Gasteiger partial charge in [0.1, 0.15) is 17.3 Å². The number of ether oxygens (including phenoxy) is 1. The van der Waals surface area contributed by atoms with Gasteiger partial charge in [-0.15, -0.1) is 0 Å². The molecule has 3 N–H and O–H groups in total. The summed E-state index contributed by atoms with van der Waals surface area (Å²) in [4.78, 5) is 12.5. The number of nitrogens with one attached hydrogen (secondary N) is 1. The maximum Gasteiger partial charge on any atom is 0.259 e. The van der Waals surface area contributed by atoms with Crippen molar-refractivity contribution in [2.75, 3.05) is 11.9 Å². The van der Waals surface area contributed by atoms with E-state index in [1.54, 1.807) is 36.0 Å². The normalized spacial score (nSPS) is 10.2. The topological polar surface area (TPSA) is 82.2 Å². The average molecular weight is 304 g/mol. The highest BCUT2D eigenvalue weighted by Crippen LogP contribution is 2.24.